The second-order valence-electron chi connectivity index (χ2n) is 6.26. The predicted molar refractivity (Wildman–Crippen MR) is 113 cm³/mol. The molecule has 0 aromatic heterocycles. The Balaban J connectivity index is 1.85. The van der Waals surface area contributed by atoms with Gasteiger partial charge >= 0.3 is 5.97 Å². The zero-order chi connectivity index (χ0) is 22.4. The molecule has 0 N–H and O–H groups in total. The van der Waals surface area contributed by atoms with E-state index in [-0.39, 0.29) is 22.7 Å². The molecule has 3 aromatic rings. The Morgan fingerprint density at radius 3 is 2.26 bits per heavy atom. The summed E-state index contributed by atoms with van der Waals surface area (Å²) in [6, 6.07) is 16.7. The van der Waals surface area contributed by atoms with Crippen molar-refractivity contribution in [3.63, 3.8) is 0 Å². The average molecular weight is 420 g/mol. The summed E-state index contributed by atoms with van der Waals surface area (Å²) < 4.78 is 10.7. The minimum absolute atomic E-state index is 0.203. The summed E-state index contributed by atoms with van der Waals surface area (Å²) in [4.78, 5) is 33.0. The number of non-ortho nitro benzene ring substituents is 1. The van der Waals surface area contributed by atoms with Gasteiger partial charge in [0.15, 0.2) is 11.5 Å². The van der Waals surface area contributed by atoms with Gasteiger partial charge < -0.3 is 9.47 Å². The van der Waals surface area contributed by atoms with Crippen molar-refractivity contribution in [2.45, 2.75) is 0 Å². The molecule has 0 aliphatic carbocycles. The first kappa shape index (κ1) is 21.2. The molecule has 0 spiro atoms. The molecule has 156 valence electrons. The summed E-state index contributed by atoms with van der Waals surface area (Å²) in [6.07, 6.45) is 3.05. The van der Waals surface area contributed by atoms with Crippen molar-refractivity contribution in [2.75, 3.05) is 7.11 Å². The van der Waals surface area contributed by atoms with Crippen LogP contribution in [0.15, 0.2) is 66.7 Å². The van der Waals surface area contributed by atoms with Crippen LogP contribution in [0, 0.1) is 20.2 Å². The van der Waals surface area contributed by atoms with E-state index < -0.39 is 15.8 Å². The zero-order valence-corrected chi connectivity index (χ0v) is 16.3. The van der Waals surface area contributed by atoms with Gasteiger partial charge in [-0.15, -0.1) is 0 Å². The number of methoxy groups -OCH3 is 1. The largest absolute Gasteiger partial charge is 0.493 e. The van der Waals surface area contributed by atoms with Gasteiger partial charge in [0.05, 0.1) is 34.1 Å². The van der Waals surface area contributed by atoms with Crippen molar-refractivity contribution < 1.29 is 24.1 Å². The SMILES string of the molecule is COc1cc(C=Cc2ccc([N+](=O)[O-])cc2[N+](=O)[O-])ccc1OC(=O)c1ccccc1. The number of carbonyl (C=O) groups is 1. The van der Waals surface area contributed by atoms with Gasteiger partial charge in [-0.3, -0.25) is 20.2 Å². The molecular weight excluding hydrogens is 404 g/mol. The summed E-state index contributed by atoms with van der Waals surface area (Å²) in [6.45, 7) is 0. The Labute approximate surface area is 176 Å². The zero-order valence-electron chi connectivity index (χ0n) is 16.3. The van der Waals surface area contributed by atoms with Gasteiger partial charge in [-0.05, 0) is 42.0 Å². The molecule has 0 amide bonds. The number of nitro groups is 2. The summed E-state index contributed by atoms with van der Waals surface area (Å²) in [5.74, 6) is -0.0249. The molecule has 0 aliphatic rings. The lowest BCUT2D eigenvalue weighted by Gasteiger charge is -2.10. The molecule has 0 bridgehead atoms. The monoisotopic (exact) mass is 420 g/mol. The second-order valence-corrected chi connectivity index (χ2v) is 6.26. The molecule has 31 heavy (non-hydrogen) atoms. The van der Waals surface area contributed by atoms with Crippen molar-refractivity contribution in [2.24, 2.45) is 0 Å². The third-order valence-electron chi connectivity index (χ3n) is 4.28. The van der Waals surface area contributed by atoms with Crippen molar-refractivity contribution in [3.8, 4) is 11.5 Å². The predicted octanol–water partition coefficient (Wildman–Crippen LogP) is 4.90. The number of nitrogens with zero attached hydrogens (tertiary/aromatic N) is 2. The molecule has 0 aliphatic heterocycles. The molecule has 3 aromatic carbocycles. The number of hydrogen-bond acceptors (Lipinski definition) is 7. The van der Waals surface area contributed by atoms with Crippen molar-refractivity contribution in [3.05, 3.63) is 104 Å². The fraction of sp³-hybridized carbons (Fsp3) is 0.0455. The van der Waals surface area contributed by atoms with Crippen molar-refractivity contribution in [1.29, 1.82) is 0 Å². The summed E-state index contributed by atoms with van der Waals surface area (Å²) in [5.41, 5.74) is 0.457. The summed E-state index contributed by atoms with van der Waals surface area (Å²) in [7, 11) is 1.42. The number of rotatable bonds is 7. The first-order valence-electron chi connectivity index (χ1n) is 8.95. The highest BCUT2D eigenvalue weighted by molar-refractivity contribution is 5.91. The fourth-order valence-corrected chi connectivity index (χ4v) is 2.74. The lowest BCUT2D eigenvalue weighted by Crippen LogP contribution is -2.09. The summed E-state index contributed by atoms with van der Waals surface area (Å²) in [5, 5.41) is 22.1. The van der Waals surface area contributed by atoms with E-state index in [0.717, 1.165) is 6.07 Å². The minimum atomic E-state index is -0.694. The van der Waals surface area contributed by atoms with Gasteiger partial charge in [0.2, 0.25) is 0 Å². The first-order valence-corrected chi connectivity index (χ1v) is 8.95. The van der Waals surface area contributed by atoms with E-state index >= 15 is 0 Å². The number of hydrogen-bond donors (Lipinski definition) is 0. The van der Waals surface area contributed by atoms with Gasteiger partial charge in [0.1, 0.15) is 0 Å². The van der Waals surface area contributed by atoms with Gasteiger partial charge in [-0.1, -0.05) is 30.3 Å². The number of esters is 1. The van der Waals surface area contributed by atoms with Crippen LogP contribution in [0.4, 0.5) is 11.4 Å². The topological polar surface area (TPSA) is 122 Å². The fourth-order valence-electron chi connectivity index (χ4n) is 2.74. The first-order chi connectivity index (χ1) is 14.9. The molecule has 0 saturated heterocycles. The van der Waals surface area contributed by atoms with E-state index in [0.29, 0.717) is 16.9 Å². The molecular formula is C22H16N2O7. The van der Waals surface area contributed by atoms with Gasteiger partial charge in [-0.2, -0.15) is 0 Å². The second kappa shape index (κ2) is 9.31. The van der Waals surface area contributed by atoms with Crippen LogP contribution in [0.3, 0.4) is 0 Å². The van der Waals surface area contributed by atoms with Crippen LogP contribution < -0.4 is 9.47 Å². The van der Waals surface area contributed by atoms with E-state index in [1.165, 1.54) is 25.3 Å². The van der Waals surface area contributed by atoms with Crippen LogP contribution in [-0.2, 0) is 0 Å². The standard InChI is InChI=1S/C22H16N2O7/c1-30-21-13-15(8-12-20(21)31-22(25)17-5-3-2-4-6-17)7-9-16-10-11-18(23(26)27)14-19(16)24(28)29/h2-14H,1H3. The van der Waals surface area contributed by atoms with E-state index in [1.807, 2.05) is 0 Å². The Bertz CT molecular complexity index is 1170. The third kappa shape index (κ3) is 5.10. The molecule has 0 atom stereocenters. The molecule has 0 unspecified atom stereocenters. The van der Waals surface area contributed by atoms with Gasteiger partial charge in [0, 0.05) is 6.07 Å². The molecule has 0 fully saturated rings. The van der Waals surface area contributed by atoms with E-state index in [1.54, 1.807) is 54.6 Å². The third-order valence-corrected chi connectivity index (χ3v) is 4.28. The van der Waals surface area contributed by atoms with Crippen LogP contribution in [0.1, 0.15) is 21.5 Å². The Morgan fingerprint density at radius 2 is 1.61 bits per heavy atom. The van der Waals surface area contributed by atoms with Crippen LogP contribution in [-0.4, -0.2) is 22.9 Å². The molecule has 9 heteroatoms. The smallest absolute Gasteiger partial charge is 0.343 e. The highest BCUT2D eigenvalue weighted by atomic mass is 16.6. The van der Waals surface area contributed by atoms with Crippen LogP contribution >= 0.6 is 0 Å². The lowest BCUT2D eigenvalue weighted by atomic mass is 10.1. The maximum Gasteiger partial charge on any atom is 0.343 e. The van der Waals surface area contributed by atoms with Gasteiger partial charge in [-0.25, -0.2) is 4.79 Å². The van der Waals surface area contributed by atoms with Gasteiger partial charge in [0.25, 0.3) is 11.4 Å². The van der Waals surface area contributed by atoms with Crippen LogP contribution in [0.2, 0.25) is 0 Å². The van der Waals surface area contributed by atoms with Crippen molar-refractivity contribution in [1.82, 2.24) is 0 Å². The Hall–Kier alpha value is -4.53. The number of nitro benzene ring substituents is 2. The minimum Gasteiger partial charge on any atom is -0.493 e. The summed E-state index contributed by atoms with van der Waals surface area (Å²) >= 11 is 0. The molecule has 0 heterocycles. The van der Waals surface area contributed by atoms with E-state index in [4.69, 9.17) is 9.47 Å². The molecule has 0 saturated carbocycles. The molecule has 0 radical (unpaired) electrons. The number of benzene rings is 3. The Kier molecular flexibility index (Phi) is 6.36. The molecule has 9 nitrogen and oxygen atoms in total. The maximum atomic E-state index is 12.3. The van der Waals surface area contributed by atoms with E-state index in [9.17, 15) is 25.0 Å². The quantitative estimate of drug-likeness (QED) is 0.175. The highest BCUT2D eigenvalue weighted by Gasteiger charge is 2.18. The molecule has 3 rings (SSSR count). The maximum absolute atomic E-state index is 12.3. The number of ether oxygens (including phenoxy) is 2. The Morgan fingerprint density at radius 1 is 0.871 bits per heavy atom. The van der Waals surface area contributed by atoms with Crippen molar-refractivity contribution >= 4 is 29.5 Å². The van der Waals surface area contributed by atoms with Crippen LogP contribution in [0.25, 0.3) is 12.2 Å². The average Bonchev–Trinajstić information content (AvgIpc) is 2.78. The number of carbonyl (C=O) groups excluding carboxylic acids is 1. The highest BCUT2D eigenvalue weighted by Crippen LogP contribution is 2.31. The van der Waals surface area contributed by atoms with E-state index in [2.05, 4.69) is 0 Å². The van der Waals surface area contributed by atoms with Crippen LogP contribution in [0.5, 0.6) is 11.5 Å². The lowest BCUT2D eigenvalue weighted by molar-refractivity contribution is -0.394. The normalized spacial score (nSPS) is 10.6.